The average molecular weight is 608 g/mol. The number of fused-ring (bicyclic) bond motifs is 1. The minimum Gasteiger partial charge on any atom is -0.480 e. The standard InChI is InChI=1S/C32H45N7O5/c33-16-8-6-13-24(35)29(40)38-27(18-21-10-2-1-3-11-21)30(41)39-28(19-22-20-36-25-14-5-4-12-23(22)25)31(42)37-26(32(43)44)15-7-9-17-34/h1-5,10-12,14,20,24,26-28,36H,6-9,13,15-19,33-35H2,(H,37,42)(H,38,40)(H,39,41)(H,43,44). The number of aliphatic carboxylic acids is 1. The van der Waals surface area contributed by atoms with Crippen LogP contribution in [0.4, 0.5) is 0 Å². The van der Waals surface area contributed by atoms with Gasteiger partial charge in [-0.05, 0) is 62.4 Å². The number of hydrogen-bond donors (Lipinski definition) is 8. The summed E-state index contributed by atoms with van der Waals surface area (Å²) in [6.45, 7) is 0.897. The zero-order valence-corrected chi connectivity index (χ0v) is 25.0. The third-order valence-corrected chi connectivity index (χ3v) is 7.52. The van der Waals surface area contributed by atoms with Gasteiger partial charge in [0.05, 0.1) is 6.04 Å². The molecule has 238 valence electrons. The van der Waals surface area contributed by atoms with Gasteiger partial charge in [0.2, 0.25) is 17.7 Å². The van der Waals surface area contributed by atoms with Crippen molar-refractivity contribution < 1.29 is 24.3 Å². The lowest BCUT2D eigenvalue weighted by Crippen LogP contribution is -2.58. The Morgan fingerprint density at radius 2 is 1.27 bits per heavy atom. The van der Waals surface area contributed by atoms with E-state index in [0.29, 0.717) is 38.8 Å². The molecule has 0 saturated heterocycles. The maximum absolute atomic E-state index is 13.8. The van der Waals surface area contributed by atoms with Crippen molar-refractivity contribution in [2.45, 2.75) is 75.5 Å². The zero-order valence-electron chi connectivity index (χ0n) is 25.0. The Hall–Kier alpha value is -4.26. The van der Waals surface area contributed by atoms with Crippen molar-refractivity contribution in [2.75, 3.05) is 13.1 Å². The Balaban J connectivity index is 1.85. The molecule has 11 N–H and O–H groups in total. The van der Waals surface area contributed by atoms with Crippen molar-refractivity contribution >= 4 is 34.6 Å². The third-order valence-electron chi connectivity index (χ3n) is 7.52. The predicted octanol–water partition coefficient (Wildman–Crippen LogP) is 1.08. The first-order valence-corrected chi connectivity index (χ1v) is 15.1. The molecule has 3 aromatic rings. The number of aromatic amines is 1. The number of para-hydroxylation sites is 1. The van der Waals surface area contributed by atoms with E-state index in [0.717, 1.165) is 28.5 Å². The van der Waals surface area contributed by atoms with Gasteiger partial charge >= 0.3 is 5.97 Å². The molecule has 0 spiro atoms. The summed E-state index contributed by atoms with van der Waals surface area (Å²) in [6, 6.07) is 12.6. The van der Waals surface area contributed by atoms with E-state index >= 15 is 0 Å². The third kappa shape index (κ3) is 10.5. The second-order valence-corrected chi connectivity index (χ2v) is 11.0. The summed E-state index contributed by atoms with van der Waals surface area (Å²) in [7, 11) is 0. The molecular weight excluding hydrogens is 562 g/mol. The van der Waals surface area contributed by atoms with Gasteiger partial charge < -0.3 is 43.2 Å². The average Bonchev–Trinajstić information content (AvgIpc) is 3.43. The fraction of sp³-hybridized carbons (Fsp3) is 0.438. The normalized spacial score (nSPS) is 13.9. The summed E-state index contributed by atoms with van der Waals surface area (Å²) in [5.41, 5.74) is 19.6. The number of H-pyrrole nitrogens is 1. The second-order valence-electron chi connectivity index (χ2n) is 11.0. The summed E-state index contributed by atoms with van der Waals surface area (Å²) in [6.07, 6.45) is 5.14. The number of carbonyl (C=O) groups excluding carboxylic acids is 3. The van der Waals surface area contributed by atoms with Crippen LogP contribution in [0.1, 0.15) is 49.7 Å². The maximum Gasteiger partial charge on any atom is 0.326 e. The lowest BCUT2D eigenvalue weighted by atomic mass is 10.0. The van der Waals surface area contributed by atoms with Crippen LogP contribution >= 0.6 is 0 Å². The molecule has 12 nitrogen and oxygen atoms in total. The second kappa shape index (κ2) is 17.8. The summed E-state index contributed by atoms with van der Waals surface area (Å²) in [5.74, 6) is -2.90. The number of carboxylic acid groups (broad SMARTS) is 1. The van der Waals surface area contributed by atoms with Crippen LogP contribution in [-0.4, -0.2) is 71.0 Å². The first-order chi connectivity index (χ1) is 21.2. The summed E-state index contributed by atoms with van der Waals surface area (Å²) in [4.78, 5) is 55.5. The predicted molar refractivity (Wildman–Crippen MR) is 169 cm³/mol. The Kier molecular flexibility index (Phi) is 13.8. The highest BCUT2D eigenvalue weighted by Crippen LogP contribution is 2.19. The van der Waals surface area contributed by atoms with Gasteiger partial charge in [0.1, 0.15) is 18.1 Å². The van der Waals surface area contributed by atoms with Crippen LogP contribution in [0.5, 0.6) is 0 Å². The number of carbonyl (C=O) groups is 4. The van der Waals surface area contributed by atoms with Crippen molar-refractivity contribution in [1.82, 2.24) is 20.9 Å². The Labute approximate surface area is 257 Å². The van der Waals surface area contributed by atoms with E-state index in [4.69, 9.17) is 17.2 Å². The van der Waals surface area contributed by atoms with Gasteiger partial charge in [0, 0.05) is 29.9 Å². The highest BCUT2D eigenvalue weighted by Gasteiger charge is 2.31. The molecule has 0 aliphatic rings. The summed E-state index contributed by atoms with van der Waals surface area (Å²) < 4.78 is 0. The van der Waals surface area contributed by atoms with Crippen molar-refractivity contribution in [2.24, 2.45) is 17.2 Å². The van der Waals surface area contributed by atoms with Gasteiger partial charge in [0.15, 0.2) is 0 Å². The van der Waals surface area contributed by atoms with E-state index in [9.17, 15) is 24.3 Å². The van der Waals surface area contributed by atoms with Crippen molar-refractivity contribution in [3.8, 4) is 0 Å². The van der Waals surface area contributed by atoms with E-state index in [1.54, 1.807) is 6.20 Å². The van der Waals surface area contributed by atoms with Gasteiger partial charge in [-0.15, -0.1) is 0 Å². The monoisotopic (exact) mass is 607 g/mol. The number of rotatable bonds is 19. The molecule has 44 heavy (non-hydrogen) atoms. The quantitative estimate of drug-likeness (QED) is 0.0920. The molecule has 0 aliphatic carbocycles. The first kappa shape index (κ1) is 34.2. The van der Waals surface area contributed by atoms with Crippen molar-refractivity contribution in [3.63, 3.8) is 0 Å². The first-order valence-electron chi connectivity index (χ1n) is 15.1. The van der Waals surface area contributed by atoms with Crippen LogP contribution in [-0.2, 0) is 32.0 Å². The minimum atomic E-state index is -1.18. The summed E-state index contributed by atoms with van der Waals surface area (Å²) >= 11 is 0. The number of aromatic nitrogens is 1. The fourth-order valence-electron chi connectivity index (χ4n) is 5.00. The lowest BCUT2D eigenvalue weighted by molar-refractivity contribution is -0.142. The van der Waals surface area contributed by atoms with Crippen LogP contribution in [0, 0.1) is 0 Å². The van der Waals surface area contributed by atoms with Crippen LogP contribution in [0.2, 0.25) is 0 Å². The number of unbranched alkanes of at least 4 members (excludes halogenated alkanes) is 2. The fourth-order valence-corrected chi connectivity index (χ4v) is 5.00. The number of amides is 3. The molecule has 0 aliphatic heterocycles. The summed E-state index contributed by atoms with van der Waals surface area (Å²) in [5, 5.41) is 18.8. The number of hydrogen-bond acceptors (Lipinski definition) is 7. The maximum atomic E-state index is 13.8. The topological polar surface area (TPSA) is 218 Å². The molecular formula is C32H45N7O5. The van der Waals surface area contributed by atoms with Crippen molar-refractivity contribution in [1.29, 1.82) is 0 Å². The van der Waals surface area contributed by atoms with Gasteiger partial charge in [-0.1, -0.05) is 55.0 Å². The molecule has 4 atom stereocenters. The Morgan fingerprint density at radius 1 is 0.705 bits per heavy atom. The minimum absolute atomic E-state index is 0.0847. The van der Waals surface area contributed by atoms with Crippen LogP contribution in [0.25, 0.3) is 10.9 Å². The van der Waals surface area contributed by atoms with Gasteiger partial charge in [-0.2, -0.15) is 0 Å². The molecule has 12 heteroatoms. The number of carboxylic acids is 1. The molecule has 4 unspecified atom stereocenters. The van der Waals surface area contributed by atoms with E-state index in [2.05, 4.69) is 20.9 Å². The molecule has 3 rings (SSSR count). The van der Waals surface area contributed by atoms with E-state index < -0.39 is 47.9 Å². The van der Waals surface area contributed by atoms with E-state index in [-0.39, 0.29) is 19.3 Å². The number of nitrogens with one attached hydrogen (secondary N) is 4. The molecule has 0 radical (unpaired) electrons. The molecule has 0 saturated carbocycles. The van der Waals surface area contributed by atoms with Crippen LogP contribution < -0.4 is 33.2 Å². The zero-order chi connectivity index (χ0) is 31.9. The Morgan fingerprint density at radius 3 is 1.93 bits per heavy atom. The van der Waals surface area contributed by atoms with Gasteiger partial charge in [-0.25, -0.2) is 4.79 Å². The number of nitrogens with two attached hydrogens (primary N) is 3. The molecule has 0 fully saturated rings. The largest absolute Gasteiger partial charge is 0.480 e. The molecule has 1 heterocycles. The Bertz CT molecular complexity index is 1360. The molecule has 3 amide bonds. The van der Waals surface area contributed by atoms with E-state index in [1.807, 2.05) is 54.6 Å². The van der Waals surface area contributed by atoms with Crippen molar-refractivity contribution in [3.05, 3.63) is 71.9 Å². The highest BCUT2D eigenvalue weighted by molar-refractivity contribution is 5.95. The number of benzene rings is 2. The molecule has 0 bridgehead atoms. The van der Waals surface area contributed by atoms with Gasteiger partial charge in [-0.3, -0.25) is 14.4 Å². The van der Waals surface area contributed by atoms with E-state index in [1.165, 1.54) is 0 Å². The van der Waals surface area contributed by atoms with Crippen LogP contribution in [0.15, 0.2) is 60.8 Å². The van der Waals surface area contributed by atoms with Crippen LogP contribution in [0.3, 0.4) is 0 Å². The highest BCUT2D eigenvalue weighted by atomic mass is 16.4. The SMILES string of the molecule is NCCCCC(N)C(=O)NC(Cc1ccccc1)C(=O)NC(Cc1c[nH]c2ccccc12)C(=O)NC(CCCCN)C(=O)O. The smallest absolute Gasteiger partial charge is 0.326 e. The molecule has 1 aromatic heterocycles. The molecule has 2 aromatic carbocycles. The lowest BCUT2D eigenvalue weighted by Gasteiger charge is -2.25. The van der Waals surface area contributed by atoms with Gasteiger partial charge in [0.25, 0.3) is 0 Å².